The van der Waals surface area contributed by atoms with Crippen LogP contribution in [0.1, 0.15) is 13.8 Å². The van der Waals surface area contributed by atoms with Gasteiger partial charge in [0.05, 0.1) is 0 Å². The molecule has 1 aliphatic rings. The van der Waals surface area contributed by atoms with Gasteiger partial charge in [0.1, 0.15) is 0 Å². The Morgan fingerprint density at radius 1 is 1.54 bits per heavy atom. The molecule has 0 amide bonds. The molecule has 3 heteroatoms. The number of hydrogen-bond acceptors (Lipinski definition) is 2. The van der Waals surface area contributed by atoms with Gasteiger partial charge in [-0.25, -0.2) is 0 Å². The third kappa shape index (κ3) is 3.41. The van der Waals surface area contributed by atoms with E-state index in [-0.39, 0.29) is 0 Å². The van der Waals surface area contributed by atoms with Crippen LogP contribution in [-0.4, -0.2) is 48.6 Å². The molecule has 0 saturated carbocycles. The fourth-order valence-electron chi connectivity index (χ4n) is 1.81. The van der Waals surface area contributed by atoms with Gasteiger partial charge in [0, 0.05) is 36.7 Å². The molecule has 2 nitrogen and oxygen atoms in total. The SMILES string of the molecule is C=C(Br)CN1CCN(CC)CC1C. The molecular weight excluding hydrogens is 228 g/mol. The predicted octanol–water partition coefficient (Wildman–Crippen LogP) is 1.92. The Morgan fingerprint density at radius 2 is 2.23 bits per heavy atom. The number of halogens is 1. The Labute approximate surface area is 89.7 Å². The lowest BCUT2D eigenvalue weighted by Crippen LogP contribution is -2.51. The molecule has 76 valence electrons. The molecule has 1 rings (SSSR count). The van der Waals surface area contributed by atoms with E-state index >= 15 is 0 Å². The average Bonchev–Trinajstić information content (AvgIpc) is 2.08. The molecule has 1 unspecified atom stereocenters. The van der Waals surface area contributed by atoms with Crippen LogP contribution in [0.15, 0.2) is 11.1 Å². The molecule has 13 heavy (non-hydrogen) atoms. The molecule has 0 bridgehead atoms. The second kappa shape index (κ2) is 5.13. The first kappa shape index (κ1) is 11.2. The topological polar surface area (TPSA) is 6.48 Å². The van der Waals surface area contributed by atoms with Crippen LogP contribution in [0.2, 0.25) is 0 Å². The highest BCUT2D eigenvalue weighted by molar-refractivity contribution is 9.11. The Kier molecular flexibility index (Phi) is 4.42. The first-order chi connectivity index (χ1) is 6.13. The van der Waals surface area contributed by atoms with E-state index in [0.29, 0.717) is 6.04 Å². The van der Waals surface area contributed by atoms with Crippen molar-refractivity contribution in [2.24, 2.45) is 0 Å². The first-order valence-corrected chi connectivity index (χ1v) is 5.72. The Bertz CT molecular complexity index is 182. The van der Waals surface area contributed by atoms with Gasteiger partial charge in [0.2, 0.25) is 0 Å². The molecule has 1 heterocycles. The third-order valence-corrected chi connectivity index (χ3v) is 2.92. The molecule has 0 radical (unpaired) electrons. The van der Waals surface area contributed by atoms with Crippen molar-refractivity contribution in [2.75, 3.05) is 32.7 Å². The lowest BCUT2D eigenvalue weighted by atomic mass is 10.2. The van der Waals surface area contributed by atoms with Crippen molar-refractivity contribution < 1.29 is 0 Å². The van der Waals surface area contributed by atoms with E-state index in [4.69, 9.17) is 0 Å². The van der Waals surface area contributed by atoms with Crippen molar-refractivity contribution in [2.45, 2.75) is 19.9 Å². The lowest BCUT2D eigenvalue weighted by Gasteiger charge is -2.39. The van der Waals surface area contributed by atoms with Gasteiger partial charge in [-0.2, -0.15) is 0 Å². The molecule has 0 N–H and O–H groups in total. The molecular formula is C10H19BrN2. The fourth-order valence-corrected chi connectivity index (χ4v) is 2.14. The highest BCUT2D eigenvalue weighted by Crippen LogP contribution is 2.12. The van der Waals surface area contributed by atoms with E-state index in [9.17, 15) is 0 Å². The number of hydrogen-bond donors (Lipinski definition) is 0. The Morgan fingerprint density at radius 3 is 2.69 bits per heavy atom. The summed E-state index contributed by atoms with van der Waals surface area (Å²) >= 11 is 3.42. The quantitative estimate of drug-likeness (QED) is 0.751. The van der Waals surface area contributed by atoms with E-state index in [0.717, 1.165) is 11.0 Å². The summed E-state index contributed by atoms with van der Waals surface area (Å²) in [6.45, 7) is 14.1. The molecule has 0 aliphatic carbocycles. The number of likely N-dealkylation sites (N-methyl/N-ethyl adjacent to an activating group) is 1. The van der Waals surface area contributed by atoms with Crippen LogP contribution in [-0.2, 0) is 0 Å². The highest BCUT2D eigenvalue weighted by Gasteiger charge is 2.22. The monoisotopic (exact) mass is 246 g/mol. The van der Waals surface area contributed by atoms with Crippen LogP contribution in [0.4, 0.5) is 0 Å². The molecule has 0 spiro atoms. The van der Waals surface area contributed by atoms with Crippen molar-refractivity contribution in [3.8, 4) is 0 Å². The second-order valence-electron chi connectivity index (χ2n) is 3.73. The minimum absolute atomic E-state index is 0.656. The summed E-state index contributed by atoms with van der Waals surface area (Å²) in [4.78, 5) is 4.97. The summed E-state index contributed by atoms with van der Waals surface area (Å²) in [6.07, 6.45) is 0. The lowest BCUT2D eigenvalue weighted by molar-refractivity contribution is 0.0968. The van der Waals surface area contributed by atoms with Crippen LogP contribution in [0.5, 0.6) is 0 Å². The summed E-state index contributed by atoms with van der Waals surface area (Å²) in [5.74, 6) is 0. The number of nitrogens with zero attached hydrogens (tertiary/aromatic N) is 2. The van der Waals surface area contributed by atoms with E-state index in [2.05, 4.69) is 46.2 Å². The highest BCUT2D eigenvalue weighted by atomic mass is 79.9. The standard InChI is InChI=1S/C10H19BrN2/c1-4-12-5-6-13(7-9(2)11)10(3)8-12/h10H,2,4-8H2,1,3H3. The van der Waals surface area contributed by atoms with Crippen molar-refractivity contribution in [3.05, 3.63) is 11.1 Å². The second-order valence-corrected chi connectivity index (χ2v) is 4.85. The van der Waals surface area contributed by atoms with Crippen LogP contribution in [0.3, 0.4) is 0 Å². The molecule has 0 aromatic carbocycles. The molecule has 1 fully saturated rings. The number of rotatable bonds is 3. The van der Waals surface area contributed by atoms with Crippen molar-refractivity contribution in [3.63, 3.8) is 0 Å². The Balaban J connectivity index is 2.39. The minimum Gasteiger partial charge on any atom is -0.301 e. The third-order valence-electron chi connectivity index (χ3n) is 2.67. The summed E-state index contributed by atoms with van der Waals surface area (Å²) in [5, 5.41) is 0. The zero-order chi connectivity index (χ0) is 9.84. The maximum absolute atomic E-state index is 3.88. The van der Waals surface area contributed by atoms with Crippen molar-refractivity contribution >= 4 is 15.9 Å². The minimum atomic E-state index is 0.656. The summed E-state index contributed by atoms with van der Waals surface area (Å²) in [5.41, 5.74) is 0. The smallest absolute Gasteiger partial charge is 0.0297 e. The van der Waals surface area contributed by atoms with E-state index < -0.39 is 0 Å². The van der Waals surface area contributed by atoms with Crippen molar-refractivity contribution in [1.82, 2.24) is 9.80 Å². The van der Waals surface area contributed by atoms with E-state index in [1.807, 2.05) is 0 Å². The van der Waals surface area contributed by atoms with Crippen molar-refractivity contribution in [1.29, 1.82) is 0 Å². The summed E-state index contributed by atoms with van der Waals surface area (Å²) < 4.78 is 1.09. The molecule has 1 saturated heterocycles. The maximum Gasteiger partial charge on any atom is 0.0297 e. The maximum atomic E-state index is 3.88. The van der Waals surface area contributed by atoms with E-state index in [1.165, 1.54) is 26.2 Å². The van der Waals surface area contributed by atoms with Crippen LogP contribution in [0.25, 0.3) is 0 Å². The largest absolute Gasteiger partial charge is 0.301 e. The molecule has 0 aromatic heterocycles. The zero-order valence-corrected chi connectivity index (χ0v) is 10.2. The van der Waals surface area contributed by atoms with Crippen LogP contribution < -0.4 is 0 Å². The fraction of sp³-hybridized carbons (Fsp3) is 0.800. The van der Waals surface area contributed by atoms with Crippen LogP contribution >= 0.6 is 15.9 Å². The van der Waals surface area contributed by atoms with Gasteiger partial charge in [0.25, 0.3) is 0 Å². The summed E-state index contributed by atoms with van der Waals surface area (Å²) in [7, 11) is 0. The number of piperazine rings is 1. The van der Waals surface area contributed by atoms with Gasteiger partial charge in [-0.1, -0.05) is 29.4 Å². The van der Waals surface area contributed by atoms with Gasteiger partial charge < -0.3 is 4.90 Å². The van der Waals surface area contributed by atoms with Gasteiger partial charge in [-0.05, 0) is 13.5 Å². The van der Waals surface area contributed by atoms with Gasteiger partial charge in [0.15, 0.2) is 0 Å². The van der Waals surface area contributed by atoms with Gasteiger partial charge in [-0.3, -0.25) is 4.90 Å². The zero-order valence-electron chi connectivity index (χ0n) is 8.59. The van der Waals surface area contributed by atoms with Crippen LogP contribution in [0, 0.1) is 0 Å². The van der Waals surface area contributed by atoms with Gasteiger partial charge >= 0.3 is 0 Å². The Hall–Kier alpha value is 0.140. The predicted molar refractivity (Wildman–Crippen MR) is 61.2 cm³/mol. The molecule has 0 aromatic rings. The summed E-state index contributed by atoms with van der Waals surface area (Å²) in [6, 6.07) is 0.656. The average molecular weight is 247 g/mol. The first-order valence-electron chi connectivity index (χ1n) is 4.93. The van der Waals surface area contributed by atoms with Gasteiger partial charge in [-0.15, -0.1) is 0 Å². The van der Waals surface area contributed by atoms with E-state index in [1.54, 1.807) is 0 Å². The normalized spacial score (nSPS) is 26.2. The molecule has 1 aliphatic heterocycles. The molecule has 1 atom stereocenters.